The molecule has 0 saturated carbocycles. The van der Waals surface area contributed by atoms with Gasteiger partial charge < -0.3 is 11.1 Å². The number of carbonyl (C=O) groups is 1. The van der Waals surface area contributed by atoms with Gasteiger partial charge in [-0.3, -0.25) is 9.48 Å². The summed E-state index contributed by atoms with van der Waals surface area (Å²) in [7, 11) is 0. The maximum absolute atomic E-state index is 12.9. The lowest BCUT2D eigenvalue weighted by atomic mass is 10.3. The third-order valence-electron chi connectivity index (χ3n) is 2.16. The quantitative estimate of drug-likeness (QED) is 0.910. The first kappa shape index (κ1) is 12.6. The second kappa shape index (κ2) is 5.18. The van der Waals surface area contributed by atoms with Crippen LogP contribution in [0.2, 0.25) is 0 Å². The molecule has 0 bridgehead atoms. The minimum atomic E-state index is -0.404. The molecule has 0 spiro atoms. The Balaban J connectivity index is 2.01. The van der Waals surface area contributed by atoms with Gasteiger partial charge in [0.2, 0.25) is 5.91 Å². The number of nitrogens with one attached hydrogen (secondary N) is 1. The van der Waals surface area contributed by atoms with Crippen molar-refractivity contribution in [3.63, 3.8) is 0 Å². The molecule has 0 radical (unpaired) electrons. The Morgan fingerprint density at radius 3 is 2.94 bits per heavy atom. The highest BCUT2D eigenvalue weighted by molar-refractivity contribution is 9.10. The van der Waals surface area contributed by atoms with E-state index >= 15 is 0 Å². The van der Waals surface area contributed by atoms with Crippen LogP contribution in [0.4, 0.5) is 15.9 Å². The summed E-state index contributed by atoms with van der Waals surface area (Å²) in [5.74, 6) is -0.400. The first-order valence-electron chi connectivity index (χ1n) is 5.08. The van der Waals surface area contributed by atoms with Crippen molar-refractivity contribution in [3.8, 4) is 0 Å². The molecule has 1 heterocycles. The molecule has 94 valence electrons. The lowest BCUT2D eigenvalue weighted by molar-refractivity contribution is -0.116. The standard InChI is InChI=1S/C11H10BrFN4O/c12-9-5-17(16-11(9)14)6-10(18)15-8-3-1-2-7(13)4-8/h1-5H,6H2,(H2,14,16)(H,15,18). The van der Waals surface area contributed by atoms with E-state index in [0.29, 0.717) is 16.0 Å². The van der Waals surface area contributed by atoms with Crippen LogP contribution in [0, 0.1) is 5.82 Å². The van der Waals surface area contributed by atoms with Gasteiger partial charge in [0.1, 0.15) is 12.4 Å². The zero-order valence-electron chi connectivity index (χ0n) is 9.23. The first-order valence-corrected chi connectivity index (χ1v) is 5.88. The number of amides is 1. The molecular formula is C11H10BrFN4O. The molecule has 2 rings (SSSR count). The Kier molecular flexibility index (Phi) is 3.61. The van der Waals surface area contributed by atoms with Crippen LogP contribution in [0.15, 0.2) is 34.9 Å². The van der Waals surface area contributed by atoms with Gasteiger partial charge in [-0.1, -0.05) is 6.07 Å². The smallest absolute Gasteiger partial charge is 0.246 e. The molecule has 0 unspecified atom stereocenters. The minimum absolute atomic E-state index is 0.00626. The monoisotopic (exact) mass is 312 g/mol. The maximum Gasteiger partial charge on any atom is 0.246 e. The van der Waals surface area contributed by atoms with Gasteiger partial charge in [0, 0.05) is 11.9 Å². The largest absolute Gasteiger partial charge is 0.381 e. The second-order valence-electron chi connectivity index (χ2n) is 3.62. The number of aromatic nitrogens is 2. The van der Waals surface area contributed by atoms with E-state index in [4.69, 9.17) is 5.73 Å². The molecular weight excluding hydrogens is 303 g/mol. The average molecular weight is 313 g/mol. The number of nitrogen functional groups attached to an aromatic ring is 1. The Morgan fingerprint density at radius 1 is 1.56 bits per heavy atom. The molecule has 0 fully saturated rings. The van der Waals surface area contributed by atoms with Crippen molar-refractivity contribution < 1.29 is 9.18 Å². The summed E-state index contributed by atoms with van der Waals surface area (Å²) in [5.41, 5.74) is 5.93. The van der Waals surface area contributed by atoms with Gasteiger partial charge in [-0.25, -0.2) is 4.39 Å². The summed E-state index contributed by atoms with van der Waals surface area (Å²) >= 11 is 3.19. The highest BCUT2D eigenvalue weighted by atomic mass is 79.9. The van der Waals surface area contributed by atoms with Gasteiger partial charge in [0.25, 0.3) is 0 Å². The molecule has 7 heteroatoms. The zero-order valence-corrected chi connectivity index (χ0v) is 10.8. The number of nitrogens with two attached hydrogens (primary N) is 1. The molecule has 0 saturated heterocycles. The van der Waals surface area contributed by atoms with E-state index in [-0.39, 0.29) is 12.5 Å². The maximum atomic E-state index is 12.9. The molecule has 2 aromatic rings. The van der Waals surface area contributed by atoms with Crippen LogP contribution < -0.4 is 11.1 Å². The van der Waals surface area contributed by atoms with Crippen molar-refractivity contribution in [2.24, 2.45) is 0 Å². The van der Waals surface area contributed by atoms with E-state index in [2.05, 4.69) is 26.3 Å². The predicted molar refractivity (Wildman–Crippen MR) is 69.4 cm³/mol. The van der Waals surface area contributed by atoms with Gasteiger partial charge in [-0.15, -0.1) is 0 Å². The third kappa shape index (κ3) is 3.07. The van der Waals surface area contributed by atoms with Crippen molar-refractivity contribution in [1.29, 1.82) is 0 Å². The normalized spacial score (nSPS) is 10.3. The molecule has 3 N–H and O–H groups in total. The summed E-state index contributed by atoms with van der Waals surface area (Å²) in [6.07, 6.45) is 1.60. The van der Waals surface area contributed by atoms with Crippen LogP contribution in [0.5, 0.6) is 0 Å². The summed E-state index contributed by atoms with van der Waals surface area (Å²) in [6, 6.07) is 5.67. The van der Waals surface area contributed by atoms with Crippen LogP contribution in [0.1, 0.15) is 0 Å². The van der Waals surface area contributed by atoms with Crippen molar-refractivity contribution >= 4 is 33.3 Å². The number of rotatable bonds is 3. The Morgan fingerprint density at radius 2 is 2.33 bits per heavy atom. The molecule has 0 atom stereocenters. The van der Waals surface area contributed by atoms with Crippen molar-refractivity contribution in [2.45, 2.75) is 6.54 Å². The van der Waals surface area contributed by atoms with E-state index in [9.17, 15) is 9.18 Å². The number of anilines is 2. The fourth-order valence-electron chi connectivity index (χ4n) is 1.41. The van der Waals surface area contributed by atoms with Gasteiger partial charge in [0.15, 0.2) is 5.82 Å². The van der Waals surface area contributed by atoms with Crippen LogP contribution in [-0.2, 0) is 11.3 Å². The molecule has 1 aromatic carbocycles. The topological polar surface area (TPSA) is 72.9 Å². The van der Waals surface area contributed by atoms with Gasteiger partial charge in [-0.2, -0.15) is 5.10 Å². The van der Waals surface area contributed by atoms with Gasteiger partial charge >= 0.3 is 0 Å². The van der Waals surface area contributed by atoms with Crippen LogP contribution >= 0.6 is 15.9 Å². The van der Waals surface area contributed by atoms with Gasteiger partial charge in [0.05, 0.1) is 4.47 Å². The number of benzene rings is 1. The molecule has 1 amide bonds. The predicted octanol–water partition coefficient (Wildman–Crippen LogP) is 2.01. The third-order valence-corrected chi connectivity index (χ3v) is 2.77. The number of hydrogen-bond donors (Lipinski definition) is 2. The Hall–Kier alpha value is -1.89. The molecule has 5 nitrogen and oxygen atoms in total. The Bertz CT molecular complexity index is 565. The number of carbonyl (C=O) groups excluding carboxylic acids is 1. The van der Waals surface area contributed by atoms with Crippen molar-refractivity contribution in [2.75, 3.05) is 11.1 Å². The lowest BCUT2D eigenvalue weighted by Gasteiger charge is -2.05. The summed E-state index contributed by atoms with van der Waals surface area (Å²) < 4.78 is 14.9. The zero-order chi connectivity index (χ0) is 13.1. The van der Waals surface area contributed by atoms with Crippen molar-refractivity contribution in [3.05, 3.63) is 40.8 Å². The summed E-state index contributed by atoms with van der Waals surface area (Å²) in [4.78, 5) is 11.7. The fraction of sp³-hybridized carbons (Fsp3) is 0.0909. The van der Waals surface area contributed by atoms with Crippen LogP contribution in [0.3, 0.4) is 0 Å². The minimum Gasteiger partial charge on any atom is -0.381 e. The number of nitrogens with zero attached hydrogens (tertiary/aromatic N) is 2. The Labute approximate surface area is 111 Å². The molecule has 1 aromatic heterocycles. The highest BCUT2D eigenvalue weighted by Gasteiger charge is 2.07. The molecule has 0 aliphatic carbocycles. The molecule has 0 aliphatic rings. The van der Waals surface area contributed by atoms with Gasteiger partial charge in [-0.05, 0) is 34.1 Å². The first-order chi connectivity index (χ1) is 8.54. The lowest BCUT2D eigenvalue weighted by Crippen LogP contribution is -2.19. The van der Waals surface area contributed by atoms with E-state index < -0.39 is 5.82 Å². The van der Waals surface area contributed by atoms with Crippen LogP contribution in [-0.4, -0.2) is 15.7 Å². The van der Waals surface area contributed by atoms with E-state index in [1.807, 2.05) is 0 Å². The molecule has 0 aliphatic heterocycles. The van der Waals surface area contributed by atoms with Crippen LogP contribution in [0.25, 0.3) is 0 Å². The number of hydrogen-bond acceptors (Lipinski definition) is 3. The fourth-order valence-corrected chi connectivity index (χ4v) is 1.72. The van der Waals surface area contributed by atoms with E-state index in [0.717, 1.165) is 0 Å². The molecule has 18 heavy (non-hydrogen) atoms. The summed E-state index contributed by atoms with van der Waals surface area (Å²) in [6.45, 7) is 0.00626. The number of halogens is 2. The second-order valence-corrected chi connectivity index (χ2v) is 4.47. The van der Waals surface area contributed by atoms with Crippen molar-refractivity contribution in [1.82, 2.24) is 9.78 Å². The summed E-state index contributed by atoms with van der Waals surface area (Å²) in [5, 5.41) is 6.49. The van der Waals surface area contributed by atoms with E-state index in [1.54, 1.807) is 12.3 Å². The SMILES string of the molecule is Nc1nn(CC(=O)Nc2cccc(F)c2)cc1Br. The van der Waals surface area contributed by atoms with E-state index in [1.165, 1.54) is 22.9 Å². The highest BCUT2D eigenvalue weighted by Crippen LogP contribution is 2.16. The average Bonchev–Trinajstić information content (AvgIpc) is 2.57.